The number of aromatic nitrogens is 3. The van der Waals surface area contributed by atoms with Crippen LogP contribution in [-0.2, 0) is 12.3 Å². The average Bonchev–Trinajstić information content (AvgIpc) is 3.04. The fourth-order valence-corrected chi connectivity index (χ4v) is 3.52. The molecule has 0 aliphatic rings. The predicted octanol–water partition coefficient (Wildman–Crippen LogP) is 4.92. The molecule has 0 aliphatic heterocycles. The summed E-state index contributed by atoms with van der Waals surface area (Å²) in [5.41, 5.74) is 2.15. The minimum atomic E-state index is 0.749. The van der Waals surface area contributed by atoms with Gasteiger partial charge in [0.1, 0.15) is 5.75 Å². The van der Waals surface area contributed by atoms with Crippen molar-refractivity contribution in [1.82, 2.24) is 14.8 Å². The van der Waals surface area contributed by atoms with Crippen LogP contribution in [0.2, 0.25) is 5.02 Å². The summed E-state index contributed by atoms with van der Waals surface area (Å²) in [5.74, 6) is 2.45. The van der Waals surface area contributed by atoms with Gasteiger partial charge in [0.2, 0.25) is 0 Å². The lowest BCUT2D eigenvalue weighted by molar-refractivity contribution is 0.416. The van der Waals surface area contributed by atoms with E-state index in [0.717, 1.165) is 39.6 Å². The van der Waals surface area contributed by atoms with Gasteiger partial charge in [0, 0.05) is 17.3 Å². The first-order chi connectivity index (χ1) is 11.7. The highest BCUT2D eigenvalue weighted by atomic mass is 35.5. The highest BCUT2D eigenvalue weighted by Crippen LogP contribution is 2.31. The van der Waals surface area contributed by atoms with Gasteiger partial charge in [0.15, 0.2) is 11.0 Å². The second-order valence-electron chi connectivity index (χ2n) is 5.17. The summed E-state index contributed by atoms with van der Waals surface area (Å²) < 4.78 is 7.56. The molecule has 4 nitrogen and oxygen atoms in total. The van der Waals surface area contributed by atoms with Crippen molar-refractivity contribution >= 4 is 23.4 Å². The molecule has 1 heterocycles. The van der Waals surface area contributed by atoms with Crippen LogP contribution in [0.25, 0.3) is 11.4 Å². The Kier molecular flexibility index (Phi) is 5.43. The summed E-state index contributed by atoms with van der Waals surface area (Å²) >= 11 is 7.60. The van der Waals surface area contributed by atoms with Gasteiger partial charge in [0.05, 0.1) is 12.7 Å². The molecule has 0 bridgehead atoms. The van der Waals surface area contributed by atoms with Crippen LogP contribution in [0, 0.1) is 0 Å². The molecule has 0 radical (unpaired) electrons. The molecular weight excluding hydrogens is 342 g/mol. The summed E-state index contributed by atoms with van der Waals surface area (Å²) in [6.07, 6.45) is 0. The maximum atomic E-state index is 5.93. The number of hydrogen-bond donors (Lipinski definition) is 0. The van der Waals surface area contributed by atoms with E-state index in [1.165, 1.54) is 5.56 Å². The second kappa shape index (κ2) is 7.73. The number of benzene rings is 2. The van der Waals surface area contributed by atoms with E-state index in [-0.39, 0.29) is 0 Å². The third-order valence-corrected chi connectivity index (χ3v) is 4.95. The van der Waals surface area contributed by atoms with Gasteiger partial charge >= 0.3 is 0 Å². The summed E-state index contributed by atoms with van der Waals surface area (Å²) in [5, 5.41) is 10.4. The molecule has 24 heavy (non-hydrogen) atoms. The van der Waals surface area contributed by atoms with Crippen molar-refractivity contribution in [3.05, 3.63) is 59.1 Å². The number of nitrogens with zero attached hydrogens (tertiary/aromatic N) is 3. The highest BCUT2D eigenvalue weighted by molar-refractivity contribution is 7.98. The molecule has 0 saturated carbocycles. The lowest BCUT2D eigenvalue weighted by atomic mass is 10.2. The maximum absolute atomic E-state index is 5.93. The van der Waals surface area contributed by atoms with Gasteiger partial charge in [-0.2, -0.15) is 0 Å². The van der Waals surface area contributed by atoms with Gasteiger partial charge in [-0.25, -0.2) is 0 Å². The van der Waals surface area contributed by atoms with E-state index in [4.69, 9.17) is 16.3 Å². The van der Waals surface area contributed by atoms with Crippen LogP contribution in [0.4, 0.5) is 0 Å². The van der Waals surface area contributed by atoms with Gasteiger partial charge in [-0.1, -0.05) is 47.6 Å². The minimum absolute atomic E-state index is 0.749. The van der Waals surface area contributed by atoms with Crippen LogP contribution in [0.1, 0.15) is 12.5 Å². The summed E-state index contributed by atoms with van der Waals surface area (Å²) in [6, 6.07) is 15.7. The van der Waals surface area contributed by atoms with Gasteiger partial charge < -0.3 is 9.30 Å². The molecule has 124 valence electrons. The predicted molar refractivity (Wildman–Crippen MR) is 98.7 cm³/mol. The number of ether oxygens (including phenoxy) is 1. The lowest BCUT2D eigenvalue weighted by Crippen LogP contribution is -2.01. The zero-order valence-electron chi connectivity index (χ0n) is 13.6. The first-order valence-electron chi connectivity index (χ1n) is 7.66. The third kappa shape index (κ3) is 3.57. The molecule has 0 spiro atoms. The average molecular weight is 360 g/mol. The summed E-state index contributed by atoms with van der Waals surface area (Å²) in [6.45, 7) is 2.89. The second-order valence-corrected chi connectivity index (χ2v) is 6.54. The monoisotopic (exact) mass is 359 g/mol. The van der Waals surface area contributed by atoms with Crippen LogP contribution < -0.4 is 4.74 Å². The van der Waals surface area contributed by atoms with Crippen LogP contribution in [0.5, 0.6) is 5.75 Å². The summed E-state index contributed by atoms with van der Waals surface area (Å²) in [4.78, 5) is 0. The fourth-order valence-electron chi connectivity index (χ4n) is 2.44. The van der Waals surface area contributed by atoms with Gasteiger partial charge in [0.25, 0.3) is 0 Å². The van der Waals surface area contributed by atoms with Crippen molar-refractivity contribution in [3.63, 3.8) is 0 Å². The minimum Gasteiger partial charge on any atom is -0.496 e. The van der Waals surface area contributed by atoms with Crippen LogP contribution in [-0.4, -0.2) is 21.9 Å². The first kappa shape index (κ1) is 16.9. The SMILES string of the molecule is CCn1c(SCc2ccc(Cl)cc2)nnc1-c1ccccc1OC. The van der Waals surface area contributed by atoms with E-state index >= 15 is 0 Å². The molecule has 0 amide bonds. The molecule has 0 N–H and O–H groups in total. The normalized spacial score (nSPS) is 10.8. The largest absolute Gasteiger partial charge is 0.496 e. The van der Waals surface area contributed by atoms with Crippen LogP contribution in [0.3, 0.4) is 0 Å². The zero-order valence-corrected chi connectivity index (χ0v) is 15.1. The standard InChI is InChI=1S/C18H18ClN3OS/c1-3-22-17(15-6-4-5-7-16(15)23-2)20-21-18(22)24-12-13-8-10-14(19)11-9-13/h4-11H,3,12H2,1-2H3. The Balaban J connectivity index is 1.85. The van der Waals surface area contributed by atoms with Crippen molar-refractivity contribution in [1.29, 1.82) is 0 Å². The lowest BCUT2D eigenvalue weighted by Gasteiger charge is -2.10. The summed E-state index contributed by atoms with van der Waals surface area (Å²) in [7, 11) is 1.67. The van der Waals surface area contributed by atoms with Crippen molar-refractivity contribution < 1.29 is 4.74 Å². The number of methoxy groups -OCH3 is 1. The van der Waals surface area contributed by atoms with Crippen molar-refractivity contribution in [2.75, 3.05) is 7.11 Å². The molecule has 0 atom stereocenters. The Morgan fingerprint density at radius 3 is 2.54 bits per heavy atom. The quantitative estimate of drug-likeness (QED) is 0.586. The Morgan fingerprint density at radius 2 is 1.83 bits per heavy atom. The fraction of sp³-hybridized carbons (Fsp3) is 0.222. The molecule has 1 aromatic heterocycles. The Bertz CT molecular complexity index is 817. The van der Waals surface area contributed by atoms with Crippen molar-refractivity contribution in [2.24, 2.45) is 0 Å². The number of thioether (sulfide) groups is 1. The van der Waals surface area contributed by atoms with E-state index < -0.39 is 0 Å². The van der Waals surface area contributed by atoms with Crippen LogP contribution in [0.15, 0.2) is 53.7 Å². The van der Waals surface area contributed by atoms with Gasteiger partial charge in [-0.3, -0.25) is 0 Å². The van der Waals surface area contributed by atoms with E-state index in [1.807, 2.05) is 48.5 Å². The zero-order chi connectivity index (χ0) is 16.9. The van der Waals surface area contributed by atoms with Crippen molar-refractivity contribution in [3.8, 4) is 17.1 Å². The molecule has 0 aliphatic carbocycles. The molecule has 6 heteroatoms. The Hall–Kier alpha value is -1.98. The van der Waals surface area contributed by atoms with Crippen LogP contribution >= 0.6 is 23.4 Å². The molecule has 0 saturated heterocycles. The first-order valence-corrected chi connectivity index (χ1v) is 9.03. The number of rotatable bonds is 6. The molecule has 3 aromatic rings. The van der Waals surface area contributed by atoms with E-state index in [9.17, 15) is 0 Å². The van der Waals surface area contributed by atoms with E-state index in [0.29, 0.717) is 0 Å². The smallest absolute Gasteiger partial charge is 0.191 e. The van der Waals surface area contributed by atoms with Gasteiger partial charge in [-0.05, 0) is 36.8 Å². The third-order valence-electron chi connectivity index (χ3n) is 3.66. The maximum Gasteiger partial charge on any atom is 0.191 e. The highest BCUT2D eigenvalue weighted by Gasteiger charge is 2.16. The Morgan fingerprint density at radius 1 is 1.08 bits per heavy atom. The topological polar surface area (TPSA) is 39.9 Å². The number of hydrogen-bond acceptors (Lipinski definition) is 4. The Labute approximate surface area is 150 Å². The van der Waals surface area contributed by atoms with Gasteiger partial charge in [-0.15, -0.1) is 10.2 Å². The molecular formula is C18H18ClN3OS. The molecule has 2 aromatic carbocycles. The molecule has 0 fully saturated rings. The van der Waals surface area contributed by atoms with E-state index in [2.05, 4.69) is 21.7 Å². The number of para-hydroxylation sites is 1. The molecule has 0 unspecified atom stereocenters. The van der Waals surface area contributed by atoms with Crippen molar-refractivity contribution in [2.45, 2.75) is 24.4 Å². The molecule has 3 rings (SSSR count). The van der Waals surface area contributed by atoms with E-state index in [1.54, 1.807) is 18.9 Å². The number of halogens is 1.